The van der Waals surface area contributed by atoms with Gasteiger partial charge in [0.2, 0.25) is 0 Å². The van der Waals surface area contributed by atoms with Crippen molar-refractivity contribution < 1.29 is 0 Å². The van der Waals surface area contributed by atoms with Crippen LogP contribution in [0.5, 0.6) is 0 Å². The van der Waals surface area contributed by atoms with Crippen LogP contribution in [0.3, 0.4) is 0 Å². The fourth-order valence-electron chi connectivity index (χ4n) is 3.18. The molecule has 0 bridgehead atoms. The molecule has 1 aliphatic heterocycles. The molecule has 0 amide bonds. The van der Waals surface area contributed by atoms with Crippen LogP contribution >= 0.6 is 11.6 Å². The number of hydrogen-bond donors (Lipinski definition) is 2. The number of H-pyrrole nitrogens is 1. The van der Waals surface area contributed by atoms with Gasteiger partial charge in [-0.2, -0.15) is 0 Å². The Labute approximate surface area is 131 Å². The Bertz CT molecular complexity index is 597. The SMILES string of the molecule is CC(C)N1CCC(NCc2c[nH]c3cc(Cl)ccc23)CC1. The van der Waals surface area contributed by atoms with E-state index < -0.39 is 0 Å². The molecule has 0 unspecified atom stereocenters. The Hall–Kier alpha value is -1.03. The molecule has 2 aromatic rings. The van der Waals surface area contributed by atoms with Crippen LogP contribution in [0, 0.1) is 0 Å². The van der Waals surface area contributed by atoms with E-state index in [1.54, 1.807) is 0 Å². The highest BCUT2D eigenvalue weighted by atomic mass is 35.5. The van der Waals surface area contributed by atoms with E-state index >= 15 is 0 Å². The van der Waals surface area contributed by atoms with Gasteiger partial charge in [-0.3, -0.25) is 0 Å². The van der Waals surface area contributed by atoms with Crippen molar-refractivity contribution in [2.45, 2.75) is 45.3 Å². The van der Waals surface area contributed by atoms with Crippen molar-refractivity contribution in [3.63, 3.8) is 0 Å². The summed E-state index contributed by atoms with van der Waals surface area (Å²) in [5, 5.41) is 5.76. The van der Waals surface area contributed by atoms with Crippen molar-refractivity contribution in [3.05, 3.63) is 35.0 Å². The van der Waals surface area contributed by atoms with Crippen LogP contribution < -0.4 is 5.32 Å². The van der Waals surface area contributed by atoms with Crippen molar-refractivity contribution in [1.29, 1.82) is 0 Å². The van der Waals surface area contributed by atoms with Gasteiger partial charge in [-0.15, -0.1) is 0 Å². The highest BCUT2D eigenvalue weighted by Gasteiger charge is 2.20. The van der Waals surface area contributed by atoms with Gasteiger partial charge in [0, 0.05) is 40.8 Å². The van der Waals surface area contributed by atoms with Crippen LogP contribution in [-0.2, 0) is 6.54 Å². The topological polar surface area (TPSA) is 31.1 Å². The van der Waals surface area contributed by atoms with Crippen LogP contribution in [0.15, 0.2) is 24.4 Å². The zero-order valence-corrected chi connectivity index (χ0v) is 13.6. The number of nitrogens with zero attached hydrogens (tertiary/aromatic N) is 1. The van der Waals surface area contributed by atoms with Crippen LogP contribution in [0.4, 0.5) is 0 Å². The quantitative estimate of drug-likeness (QED) is 0.900. The Balaban J connectivity index is 1.58. The normalized spacial score (nSPS) is 17.9. The maximum absolute atomic E-state index is 6.03. The van der Waals surface area contributed by atoms with Gasteiger partial charge in [0.1, 0.15) is 0 Å². The average molecular weight is 306 g/mol. The second-order valence-corrected chi connectivity index (χ2v) is 6.73. The number of nitrogens with one attached hydrogen (secondary N) is 2. The molecule has 4 heteroatoms. The molecule has 1 aromatic carbocycles. The summed E-state index contributed by atoms with van der Waals surface area (Å²) in [6, 6.07) is 7.36. The minimum atomic E-state index is 0.636. The first-order chi connectivity index (χ1) is 10.1. The molecule has 114 valence electrons. The zero-order valence-electron chi connectivity index (χ0n) is 12.8. The van der Waals surface area contributed by atoms with E-state index in [0.29, 0.717) is 12.1 Å². The standard InChI is InChI=1S/C17H24ClN3/c1-12(2)21-7-5-15(6-8-21)19-10-13-11-20-17-9-14(18)3-4-16(13)17/h3-4,9,11-12,15,19-20H,5-8,10H2,1-2H3. The maximum Gasteiger partial charge on any atom is 0.0472 e. The molecule has 0 saturated carbocycles. The number of piperidine rings is 1. The molecule has 0 spiro atoms. The van der Waals surface area contributed by atoms with Gasteiger partial charge in [0.15, 0.2) is 0 Å². The molecule has 3 rings (SSSR count). The van der Waals surface area contributed by atoms with E-state index in [1.165, 1.54) is 36.9 Å². The summed E-state index contributed by atoms with van der Waals surface area (Å²) in [5.41, 5.74) is 2.45. The molecule has 21 heavy (non-hydrogen) atoms. The third-order valence-electron chi connectivity index (χ3n) is 4.57. The molecule has 2 heterocycles. The van der Waals surface area contributed by atoms with E-state index in [0.717, 1.165) is 17.1 Å². The van der Waals surface area contributed by atoms with Crippen molar-refractivity contribution in [2.24, 2.45) is 0 Å². The van der Waals surface area contributed by atoms with E-state index in [1.807, 2.05) is 12.1 Å². The molecule has 1 saturated heterocycles. The number of rotatable bonds is 4. The molecule has 1 fully saturated rings. The lowest BCUT2D eigenvalue weighted by molar-refractivity contribution is 0.161. The van der Waals surface area contributed by atoms with Gasteiger partial charge in [-0.1, -0.05) is 17.7 Å². The number of halogens is 1. The number of hydrogen-bond acceptors (Lipinski definition) is 2. The second kappa shape index (κ2) is 6.39. The monoisotopic (exact) mass is 305 g/mol. The van der Waals surface area contributed by atoms with Gasteiger partial charge in [-0.25, -0.2) is 0 Å². The highest BCUT2D eigenvalue weighted by molar-refractivity contribution is 6.31. The molecule has 1 aromatic heterocycles. The summed E-state index contributed by atoms with van der Waals surface area (Å²) in [6.45, 7) is 7.90. The van der Waals surface area contributed by atoms with E-state index in [9.17, 15) is 0 Å². The number of aromatic nitrogens is 1. The summed E-state index contributed by atoms with van der Waals surface area (Å²) >= 11 is 6.03. The van der Waals surface area contributed by atoms with E-state index in [-0.39, 0.29) is 0 Å². The highest BCUT2D eigenvalue weighted by Crippen LogP contribution is 2.22. The smallest absolute Gasteiger partial charge is 0.0472 e. The van der Waals surface area contributed by atoms with Crippen molar-refractivity contribution >= 4 is 22.5 Å². The summed E-state index contributed by atoms with van der Waals surface area (Å²) in [5.74, 6) is 0. The largest absolute Gasteiger partial charge is 0.361 e. The summed E-state index contributed by atoms with van der Waals surface area (Å²) in [6.07, 6.45) is 4.58. The predicted molar refractivity (Wildman–Crippen MR) is 89.9 cm³/mol. The molecule has 0 radical (unpaired) electrons. The summed E-state index contributed by atoms with van der Waals surface area (Å²) < 4.78 is 0. The molecule has 1 aliphatic rings. The first-order valence-electron chi connectivity index (χ1n) is 7.86. The summed E-state index contributed by atoms with van der Waals surface area (Å²) in [7, 11) is 0. The maximum atomic E-state index is 6.03. The zero-order chi connectivity index (χ0) is 14.8. The third kappa shape index (κ3) is 3.42. The van der Waals surface area contributed by atoms with Crippen LogP contribution in [0.2, 0.25) is 5.02 Å². The molecule has 2 N–H and O–H groups in total. The Kier molecular flexibility index (Phi) is 4.53. The average Bonchev–Trinajstić information content (AvgIpc) is 2.87. The number of aromatic amines is 1. The van der Waals surface area contributed by atoms with Crippen LogP contribution in [0.1, 0.15) is 32.3 Å². The van der Waals surface area contributed by atoms with Gasteiger partial charge in [0.05, 0.1) is 0 Å². The van der Waals surface area contributed by atoms with Crippen molar-refractivity contribution in [2.75, 3.05) is 13.1 Å². The second-order valence-electron chi connectivity index (χ2n) is 6.29. The predicted octanol–water partition coefficient (Wildman–Crippen LogP) is 3.78. The molecule has 3 nitrogen and oxygen atoms in total. The fraction of sp³-hybridized carbons (Fsp3) is 0.529. The van der Waals surface area contributed by atoms with Gasteiger partial charge >= 0.3 is 0 Å². The molecule has 0 atom stereocenters. The Morgan fingerprint density at radius 1 is 1.33 bits per heavy atom. The molecular formula is C17H24ClN3. The minimum absolute atomic E-state index is 0.636. The van der Waals surface area contributed by atoms with Gasteiger partial charge < -0.3 is 15.2 Å². The molecule has 0 aliphatic carbocycles. The first-order valence-corrected chi connectivity index (χ1v) is 8.24. The van der Waals surface area contributed by atoms with Crippen LogP contribution in [0.25, 0.3) is 10.9 Å². The lowest BCUT2D eigenvalue weighted by Gasteiger charge is -2.35. The minimum Gasteiger partial charge on any atom is -0.361 e. The van der Waals surface area contributed by atoms with Crippen molar-refractivity contribution in [1.82, 2.24) is 15.2 Å². The van der Waals surface area contributed by atoms with Crippen LogP contribution in [-0.4, -0.2) is 35.1 Å². The van der Waals surface area contributed by atoms with E-state index in [2.05, 4.69) is 41.3 Å². The lowest BCUT2D eigenvalue weighted by atomic mass is 10.0. The third-order valence-corrected chi connectivity index (χ3v) is 4.81. The number of benzene rings is 1. The summed E-state index contributed by atoms with van der Waals surface area (Å²) in [4.78, 5) is 5.87. The van der Waals surface area contributed by atoms with E-state index in [4.69, 9.17) is 11.6 Å². The van der Waals surface area contributed by atoms with Gasteiger partial charge in [-0.05, 0) is 57.5 Å². The first kappa shape index (κ1) is 14.9. The Morgan fingerprint density at radius 3 is 2.81 bits per heavy atom. The van der Waals surface area contributed by atoms with Gasteiger partial charge in [0.25, 0.3) is 0 Å². The number of fused-ring (bicyclic) bond motifs is 1. The number of likely N-dealkylation sites (tertiary alicyclic amines) is 1. The Morgan fingerprint density at radius 2 is 2.10 bits per heavy atom. The fourth-order valence-corrected chi connectivity index (χ4v) is 3.35. The molecular weight excluding hydrogens is 282 g/mol. The van der Waals surface area contributed by atoms with Crippen molar-refractivity contribution in [3.8, 4) is 0 Å². The lowest BCUT2D eigenvalue weighted by Crippen LogP contribution is -2.44.